The van der Waals surface area contributed by atoms with E-state index in [1.54, 1.807) is 18.2 Å². The molecule has 3 aromatic rings. The summed E-state index contributed by atoms with van der Waals surface area (Å²) in [6.45, 7) is 5.82. The van der Waals surface area contributed by atoms with Gasteiger partial charge in [-0.25, -0.2) is 9.97 Å². The van der Waals surface area contributed by atoms with Crippen molar-refractivity contribution in [3.8, 4) is 0 Å². The van der Waals surface area contributed by atoms with Gasteiger partial charge in [0.15, 0.2) is 0 Å². The number of benzene rings is 1. The number of rotatable bonds is 5. The third-order valence-corrected chi connectivity index (χ3v) is 4.34. The molecular formula is C17H18N6OS. The van der Waals surface area contributed by atoms with Gasteiger partial charge in [-0.3, -0.25) is 10.1 Å². The van der Waals surface area contributed by atoms with Gasteiger partial charge in [-0.2, -0.15) is 0 Å². The molecule has 0 bridgehead atoms. The molecule has 0 aliphatic rings. The molecule has 0 atom stereocenters. The van der Waals surface area contributed by atoms with Crippen molar-refractivity contribution in [2.75, 3.05) is 10.6 Å². The Morgan fingerprint density at radius 2 is 1.88 bits per heavy atom. The van der Waals surface area contributed by atoms with E-state index in [1.165, 1.54) is 11.3 Å². The van der Waals surface area contributed by atoms with Crippen LogP contribution in [-0.4, -0.2) is 26.1 Å². The molecule has 0 spiro atoms. The van der Waals surface area contributed by atoms with Gasteiger partial charge in [-0.1, -0.05) is 24.3 Å². The molecule has 3 rings (SSSR count). The van der Waals surface area contributed by atoms with Crippen LogP contribution in [0.25, 0.3) is 0 Å². The molecule has 2 aromatic heterocycles. The molecule has 0 saturated carbocycles. The van der Waals surface area contributed by atoms with Gasteiger partial charge in [-0.15, -0.1) is 10.2 Å². The van der Waals surface area contributed by atoms with E-state index in [0.29, 0.717) is 16.6 Å². The lowest BCUT2D eigenvalue weighted by Crippen LogP contribution is -2.12. The molecule has 0 unspecified atom stereocenters. The normalized spacial score (nSPS) is 10.5. The smallest absolute Gasteiger partial charge is 0.257 e. The summed E-state index contributed by atoms with van der Waals surface area (Å²) in [5, 5.41) is 15.2. The van der Waals surface area contributed by atoms with E-state index in [2.05, 4.69) is 30.8 Å². The maximum absolute atomic E-state index is 12.4. The van der Waals surface area contributed by atoms with Gasteiger partial charge in [0.2, 0.25) is 11.1 Å². The molecule has 2 heterocycles. The van der Waals surface area contributed by atoms with Crippen LogP contribution >= 0.6 is 11.3 Å². The van der Waals surface area contributed by atoms with Crippen molar-refractivity contribution in [1.82, 2.24) is 20.2 Å². The van der Waals surface area contributed by atoms with E-state index in [0.717, 1.165) is 28.5 Å². The number of nitrogens with one attached hydrogen (secondary N) is 2. The van der Waals surface area contributed by atoms with Gasteiger partial charge in [0.1, 0.15) is 5.01 Å². The Morgan fingerprint density at radius 3 is 2.56 bits per heavy atom. The van der Waals surface area contributed by atoms with E-state index in [4.69, 9.17) is 0 Å². The molecule has 0 aliphatic heterocycles. The van der Waals surface area contributed by atoms with Crippen LogP contribution in [0.3, 0.4) is 0 Å². The van der Waals surface area contributed by atoms with Crippen LogP contribution in [0.1, 0.15) is 33.7 Å². The van der Waals surface area contributed by atoms with Gasteiger partial charge in [0.25, 0.3) is 5.91 Å². The molecule has 7 nitrogen and oxygen atoms in total. The molecule has 128 valence electrons. The zero-order valence-corrected chi connectivity index (χ0v) is 15.0. The van der Waals surface area contributed by atoms with Crippen LogP contribution in [0, 0.1) is 13.8 Å². The molecule has 2 N–H and O–H groups in total. The van der Waals surface area contributed by atoms with Crippen LogP contribution in [0.15, 0.2) is 30.3 Å². The zero-order valence-electron chi connectivity index (χ0n) is 14.2. The molecule has 0 aliphatic carbocycles. The lowest BCUT2D eigenvalue weighted by atomic mass is 10.2. The SMILES string of the molecule is CCc1nnc(NC(=O)c2cccc(Nc3nc(C)cc(C)n3)c2)s1. The van der Waals surface area contributed by atoms with Gasteiger partial charge in [0, 0.05) is 22.6 Å². The number of anilines is 3. The number of carbonyl (C=O) groups is 1. The Balaban J connectivity index is 1.75. The first-order valence-corrected chi connectivity index (χ1v) is 8.68. The van der Waals surface area contributed by atoms with Crippen LogP contribution in [0.4, 0.5) is 16.8 Å². The topological polar surface area (TPSA) is 92.7 Å². The van der Waals surface area contributed by atoms with Gasteiger partial charge in [-0.05, 0) is 44.5 Å². The molecule has 0 radical (unpaired) electrons. The third kappa shape index (κ3) is 4.36. The maximum Gasteiger partial charge on any atom is 0.257 e. The zero-order chi connectivity index (χ0) is 17.8. The highest BCUT2D eigenvalue weighted by atomic mass is 32.1. The minimum Gasteiger partial charge on any atom is -0.324 e. The van der Waals surface area contributed by atoms with Crippen molar-refractivity contribution in [3.63, 3.8) is 0 Å². The molecule has 25 heavy (non-hydrogen) atoms. The van der Waals surface area contributed by atoms with E-state index < -0.39 is 0 Å². The summed E-state index contributed by atoms with van der Waals surface area (Å²) in [7, 11) is 0. The summed E-state index contributed by atoms with van der Waals surface area (Å²) >= 11 is 1.38. The molecule has 0 fully saturated rings. The van der Waals surface area contributed by atoms with E-state index in [-0.39, 0.29) is 5.91 Å². The second-order valence-corrected chi connectivity index (χ2v) is 6.55. The second kappa shape index (κ2) is 7.35. The summed E-state index contributed by atoms with van der Waals surface area (Å²) < 4.78 is 0. The molecule has 1 amide bonds. The average molecular weight is 354 g/mol. The van der Waals surface area contributed by atoms with E-state index >= 15 is 0 Å². The fourth-order valence-corrected chi connectivity index (χ4v) is 2.94. The fourth-order valence-electron chi connectivity index (χ4n) is 2.27. The Morgan fingerprint density at radius 1 is 1.12 bits per heavy atom. The fraction of sp³-hybridized carbons (Fsp3) is 0.235. The van der Waals surface area contributed by atoms with E-state index in [9.17, 15) is 4.79 Å². The molecular weight excluding hydrogens is 336 g/mol. The number of hydrogen-bond donors (Lipinski definition) is 2. The number of hydrogen-bond acceptors (Lipinski definition) is 7. The van der Waals surface area contributed by atoms with Crippen molar-refractivity contribution in [3.05, 3.63) is 52.3 Å². The highest BCUT2D eigenvalue weighted by molar-refractivity contribution is 7.15. The van der Waals surface area contributed by atoms with Crippen LogP contribution in [-0.2, 0) is 6.42 Å². The number of aromatic nitrogens is 4. The standard InChI is InChI=1S/C17H18N6OS/c1-4-14-22-23-17(25-14)21-15(24)12-6-5-7-13(9-12)20-16-18-10(2)8-11(3)19-16/h5-9H,4H2,1-3H3,(H,18,19,20)(H,21,23,24). The summed E-state index contributed by atoms with van der Waals surface area (Å²) in [4.78, 5) is 21.1. The number of carbonyl (C=O) groups excluding carboxylic acids is 1. The van der Waals surface area contributed by atoms with E-state index in [1.807, 2.05) is 32.9 Å². The Hall–Kier alpha value is -2.87. The summed E-state index contributed by atoms with van der Waals surface area (Å²) in [5.41, 5.74) is 3.02. The highest BCUT2D eigenvalue weighted by Crippen LogP contribution is 2.19. The van der Waals surface area contributed by atoms with Crippen LogP contribution in [0.2, 0.25) is 0 Å². The summed E-state index contributed by atoms with van der Waals surface area (Å²) in [6.07, 6.45) is 0.794. The third-order valence-electron chi connectivity index (χ3n) is 3.35. The highest BCUT2D eigenvalue weighted by Gasteiger charge is 2.11. The van der Waals surface area contributed by atoms with Crippen molar-refractivity contribution >= 4 is 34.0 Å². The van der Waals surface area contributed by atoms with Crippen molar-refractivity contribution in [2.24, 2.45) is 0 Å². The largest absolute Gasteiger partial charge is 0.324 e. The minimum atomic E-state index is -0.233. The average Bonchev–Trinajstić information content (AvgIpc) is 3.01. The number of aryl methyl sites for hydroxylation is 3. The Labute approximate surface area is 149 Å². The maximum atomic E-state index is 12.4. The first kappa shape index (κ1) is 17.0. The van der Waals surface area contributed by atoms with Crippen LogP contribution < -0.4 is 10.6 Å². The lowest BCUT2D eigenvalue weighted by Gasteiger charge is -2.08. The predicted molar refractivity (Wildman–Crippen MR) is 98.5 cm³/mol. The van der Waals surface area contributed by atoms with Crippen molar-refractivity contribution < 1.29 is 4.79 Å². The molecule has 8 heteroatoms. The van der Waals surface area contributed by atoms with Crippen molar-refractivity contribution in [2.45, 2.75) is 27.2 Å². The monoisotopic (exact) mass is 354 g/mol. The quantitative estimate of drug-likeness (QED) is 0.728. The summed E-state index contributed by atoms with van der Waals surface area (Å²) in [5.74, 6) is 0.274. The first-order chi connectivity index (χ1) is 12.0. The first-order valence-electron chi connectivity index (χ1n) is 7.86. The molecule has 0 saturated heterocycles. The minimum absolute atomic E-state index is 0.233. The second-order valence-electron chi connectivity index (χ2n) is 5.49. The number of nitrogens with zero attached hydrogens (tertiary/aromatic N) is 4. The lowest BCUT2D eigenvalue weighted by molar-refractivity contribution is 0.102. The van der Waals surface area contributed by atoms with Gasteiger partial charge < -0.3 is 5.32 Å². The predicted octanol–water partition coefficient (Wildman–Crippen LogP) is 3.50. The van der Waals surface area contributed by atoms with Gasteiger partial charge >= 0.3 is 0 Å². The molecule has 1 aromatic carbocycles. The Bertz CT molecular complexity index is 887. The van der Waals surface area contributed by atoms with Gasteiger partial charge in [0.05, 0.1) is 0 Å². The number of amides is 1. The Kier molecular flexibility index (Phi) is 4.99. The summed E-state index contributed by atoms with van der Waals surface area (Å²) in [6, 6.07) is 9.06. The van der Waals surface area contributed by atoms with Crippen LogP contribution in [0.5, 0.6) is 0 Å². The van der Waals surface area contributed by atoms with Crippen molar-refractivity contribution in [1.29, 1.82) is 0 Å².